The second-order valence-corrected chi connectivity index (χ2v) is 12.4. The van der Waals surface area contributed by atoms with Gasteiger partial charge in [0.15, 0.2) is 0 Å². The molecule has 198 valence electrons. The number of carbonyl (C=O) groups is 2. The van der Waals surface area contributed by atoms with Crippen LogP contribution in [0.4, 0.5) is 0 Å². The second kappa shape index (κ2) is 9.93. The average molecular weight is 552 g/mol. The highest BCUT2D eigenvalue weighted by Crippen LogP contribution is 2.56. The molecule has 7 nitrogen and oxygen atoms in total. The minimum absolute atomic E-state index is 0.0772. The number of thioether (sulfide) groups is 1. The molecule has 1 aromatic carbocycles. The van der Waals surface area contributed by atoms with E-state index < -0.39 is 5.97 Å². The maximum absolute atomic E-state index is 13.7. The third-order valence-corrected chi connectivity index (χ3v) is 9.72. The van der Waals surface area contributed by atoms with Gasteiger partial charge in [-0.3, -0.25) is 9.69 Å². The van der Waals surface area contributed by atoms with Crippen molar-refractivity contribution in [2.45, 2.75) is 38.1 Å². The lowest BCUT2D eigenvalue weighted by Crippen LogP contribution is -2.57. The highest BCUT2D eigenvalue weighted by molar-refractivity contribution is 8.26. The van der Waals surface area contributed by atoms with Crippen LogP contribution in [0.2, 0.25) is 0 Å². The number of rotatable bonds is 7. The maximum atomic E-state index is 13.7. The minimum Gasteiger partial charge on any atom is -0.497 e. The lowest BCUT2D eigenvalue weighted by atomic mass is 9.54. The molecule has 0 unspecified atom stereocenters. The molecular weight excluding hydrogens is 522 g/mol. The summed E-state index contributed by atoms with van der Waals surface area (Å²) in [6, 6.07) is 7.30. The Kier molecular flexibility index (Phi) is 6.60. The van der Waals surface area contributed by atoms with Crippen LogP contribution in [0.3, 0.4) is 0 Å². The normalized spacial score (nSPS) is 29.2. The van der Waals surface area contributed by atoms with Gasteiger partial charge in [0.2, 0.25) is 0 Å². The van der Waals surface area contributed by atoms with Gasteiger partial charge in [0.1, 0.15) is 27.3 Å². The largest absolute Gasteiger partial charge is 0.497 e. The van der Waals surface area contributed by atoms with E-state index in [1.165, 1.54) is 49.9 Å². The number of methoxy groups -OCH3 is 2. The van der Waals surface area contributed by atoms with Crippen LogP contribution >= 0.6 is 24.0 Å². The highest BCUT2D eigenvalue weighted by Gasteiger charge is 2.53. The number of nitrogens with zero attached hydrogens (tertiary/aromatic N) is 1. The number of amides is 1. The van der Waals surface area contributed by atoms with Crippen LogP contribution in [-0.2, 0) is 9.59 Å². The van der Waals surface area contributed by atoms with E-state index in [9.17, 15) is 14.7 Å². The second-order valence-electron chi connectivity index (χ2n) is 10.7. The van der Waals surface area contributed by atoms with Crippen molar-refractivity contribution in [2.24, 2.45) is 23.7 Å². The third-order valence-electron chi connectivity index (χ3n) is 8.39. The zero-order valence-corrected chi connectivity index (χ0v) is 22.8. The van der Waals surface area contributed by atoms with E-state index in [1.807, 2.05) is 17.0 Å². The van der Waals surface area contributed by atoms with Crippen LogP contribution in [0.25, 0.3) is 23.5 Å². The number of furan rings is 1. The Morgan fingerprint density at radius 3 is 2.26 bits per heavy atom. The Labute approximate surface area is 230 Å². The van der Waals surface area contributed by atoms with Crippen molar-refractivity contribution in [1.82, 2.24) is 4.90 Å². The SMILES string of the molecule is COc1cc(OC)cc(-c2cc(/C=C/C(=O)O)c(/C=C3\SC(=S)N(C4C5CC6CC(C5)CC4C6)C3=O)o2)c1. The molecule has 1 amide bonds. The van der Waals surface area contributed by atoms with Crippen LogP contribution in [0.15, 0.2) is 39.7 Å². The molecule has 0 spiro atoms. The van der Waals surface area contributed by atoms with Crippen molar-refractivity contribution in [3.63, 3.8) is 0 Å². The van der Waals surface area contributed by atoms with Gasteiger partial charge < -0.3 is 19.0 Å². The first kappa shape index (κ1) is 25.2. The van der Waals surface area contributed by atoms with E-state index in [1.54, 1.807) is 32.4 Å². The molecule has 9 heteroatoms. The molecule has 1 saturated heterocycles. The predicted molar refractivity (Wildman–Crippen MR) is 150 cm³/mol. The van der Waals surface area contributed by atoms with Gasteiger partial charge in [0, 0.05) is 35.4 Å². The van der Waals surface area contributed by atoms with E-state index in [4.69, 9.17) is 26.1 Å². The molecule has 2 heterocycles. The number of aliphatic carboxylic acids is 1. The van der Waals surface area contributed by atoms with E-state index in [0.717, 1.165) is 17.9 Å². The molecule has 5 aliphatic rings. The Balaban J connectivity index is 1.34. The molecule has 1 aliphatic heterocycles. The van der Waals surface area contributed by atoms with Gasteiger partial charge in [0.05, 0.1) is 19.1 Å². The topological polar surface area (TPSA) is 89.2 Å². The van der Waals surface area contributed by atoms with Crippen molar-refractivity contribution < 1.29 is 28.6 Å². The number of ether oxygens (including phenoxy) is 2. The van der Waals surface area contributed by atoms with Crippen LogP contribution in [-0.4, -0.2) is 46.5 Å². The van der Waals surface area contributed by atoms with Gasteiger partial charge in [-0.15, -0.1) is 0 Å². The average Bonchev–Trinajstić information content (AvgIpc) is 3.42. The summed E-state index contributed by atoms with van der Waals surface area (Å²) < 4.78 is 17.6. The molecular formula is C29H29NO6S2. The molecule has 0 atom stereocenters. The van der Waals surface area contributed by atoms with Crippen molar-refractivity contribution in [3.8, 4) is 22.8 Å². The van der Waals surface area contributed by atoms with E-state index in [0.29, 0.717) is 55.2 Å². The summed E-state index contributed by atoms with van der Waals surface area (Å²) in [5.41, 5.74) is 1.25. The van der Waals surface area contributed by atoms with Gasteiger partial charge in [-0.05, 0) is 80.1 Å². The zero-order valence-electron chi connectivity index (χ0n) is 21.2. The molecule has 4 aliphatic carbocycles. The summed E-state index contributed by atoms with van der Waals surface area (Å²) in [6.45, 7) is 0. The number of hydrogen-bond acceptors (Lipinski definition) is 7. The summed E-state index contributed by atoms with van der Waals surface area (Å²) in [5.74, 6) is 3.60. The molecule has 1 N–H and O–H groups in total. The third kappa shape index (κ3) is 4.56. The molecule has 5 fully saturated rings. The van der Waals surface area contributed by atoms with Crippen LogP contribution in [0, 0.1) is 23.7 Å². The minimum atomic E-state index is -1.07. The molecule has 4 saturated carbocycles. The summed E-state index contributed by atoms with van der Waals surface area (Å²) >= 11 is 7.04. The summed E-state index contributed by atoms with van der Waals surface area (Å²) in [4.78, 5) is 27.4. The first-order chi connectivity index (χ1) is 18.3. The number of hydrogen-bond donors (Lipinski definition) is 1. The molecule has 0 radical (unpaired) electrons. The lowest BCUT2D eigenvalue weighted by molar-refractivity contribution is -0.131. The number of thiocarbonyl (C=S) groups is 1. The maximum Gasteiger partial charge on any atom is 0.328 e. The predicted octanol–water partition coefficient (Wildman–Crippen LogP) is 6.09. The fraction of sp³-hybridized carbons (Fsp3) is 0.414. The molecule has 38 heavy (non-hydrogen) atoms. The number of carboxylic acids is 1. The summed E-state index contributed by atoms with van der Waals surface area (Å²) in [6.07, 6.45) is 10.4. The first-order valence-electron chi connectivity index (χ1n) is 12.9. The Bertz CT molecular complexity index is 1320. The first-order valence-corrected chi connectivity index (χ1v) is 14.1. The van der Waals surface area contributed by atoms with Gasteiger partial charge >= 0.3 is 5.97 Å². The monoisotopic (exact) mass is 551 g/mol. The smallest absolute Gasteiger partial charge is 0.328 e. The Hall–Kier alpha value is -3.04. The fourth-order valence-corrected chi connectivity index (χ4v) is 8.41. The lowest BCUT2D eigenvalue weighted by Gasteiger charge is -2.56. The zero-order chi connectivity index (χ0) is 26.6. The molecule has 1 aromatic heterocycles. The Morgan fingerprint density at radius 1 is 1.05 bits per heavy atom. The number of carboxylic acid groups (broad SMARTS) is 1. The Morgan fingerprint density at radius 2 is 1.68 bits per heavy atom. The van der Waals surface area contributed by atoms with Crippen molar-refractivity contribution in [2.75, 3.05) is 14.2 Å². The standard InChI is InChI=1S/C29H29NO6S2/c1-34-21-10-18(11-22(13-21)35-2)23-12-17(3-4-26(31)32)24(36-23)14-25-28(33)30(29(37)38-25)27-19-6-15-5-16(8-19)9-20(27)7-15/h3-4,10-16,19-20,27H,5-9H2,1-2H3,(H,31,32)/b4-3+,25-14-. The fourth-order valence-electron chi connectivity index (χ4n) is 7.09. The van der Waals surface area contributed by atoms with Gasteiger partial charge in [-0.25, -0.2) is 4.79 Å². The molecule has 4 bridgehead atoms. The van der Waals surface area contributed by atoms with Gasteiger partial charge in [-0.1, -0.05) is 24.0 Å². The summed E-state index contributed by atoms with van der Waals surface area (Å²) in [7, 11) is 3.14. The molecule has 7 rings (SSSR count). The van der Waals surface area contributed by atoms with E-state index in [2.05, 4.69) is 0 Å². The van der Waals surface area contributed by atoms with Crippen molar-refractivity contribution in [1.29, 1.82) is 0 Å². The quantitative estimate of drug-likeness (QED) is 0.327. The van der Waals surface area contributed by atoms with Gasteiger partial charge in [0.25, 0.3) is 5.91 Å². The summed E-state index contributed by atoms with van der Waals surface area (Å²) in [5, 5.41) is 9.22. The van der Waals surface area contributed by atoms with E-state index in [-0.39, 0.29) is 11.9 Å². The number of benzene rings is 1. The highest BCUT2D eigenvalue weighted by atomic mass is 32.2. The van der Waals surface area contributed by atoms with Crippen molar-refractivity contribution in [3.05, 3.63) is 46.6 Å². The van der Waals surface area contributed by atoms with E-state index >= 15 is 0 Å². The van der Waals surface area contributed by atoms with Gasteiger partial charge in [-0.2, -0.15) is 0 Å². The number of carbonyl (C=O) groups excluding carboxylic acids is 1. The molecule has 2 aromatic rings. The van der Waals surface area contributed by atoms with Crippen LogP contribution < -0.4 is 9.47 Å². The van der Waals surface area contributed by atoms with Crippen LogP contribution in [0.1, 0.15) is 43.4 Å². The van der Waals surface area contributed by atoms with Crippen molar-refractivity contribution >= 4 is 52.3 Å². The van der Waals surface area contributed by atoms with Crippen LogP contribution in [0.5, 0.6) is 11.5 Å².